The number of hydrogen-bond acceptors (Lipinski definition) is 3. The fourth-order valence-electron chi connectivity index (χ4n) is 4.00. The van der Waals surface area contributed by atoms with Gasteiger partial charge in [-0.1, -0.05) is 37.5 Å². The highest BCUT2D eigenvalue weighted by Gasteiger charge is 2.44. The highest BCUT2D eigenvalue weighted by molar-refractivity contribution is 6.33. The van der Waals surface area contributed by atoms with Crippen LogP contribution in [0.3, 0.4) is 0 Å². The lowest BCUT2D eigenvalue weighted by Crippen LogP contribution is -2.36. The molecule has 4 nitrogen and oxygen atoms in total. The molecule has 3 fully saturated rings. The number of carbonyl (C=O) groups excluding carboxylic acids is 1. The number of nitrogens with one attached hydrogen (secondary N) is 2. The third-order valence-corrected chi connectivity index (χ3v) is 6.37. The van der Waals surface area contributed by atoms with E-state index in [9.17, 15) is 4.79 Å². The molecule has 1 saturated carbocycles. The summed E-state index contributed by atoms with van der Waals surface area (Å²) in [5, 5.41) is 6.13. The van der Waals surface area contributed by atoms with E-state index in [1.54, 1.807) is 6.07 Å². The molecular weight excluding hydrogens is 381 g/mol. The molecule has 5 heteroatoms. The molecule has 2 aliphatic heterocycles. The van der Waals surface area contributed by atoms with Crippen molar-refractivity contribution < 1.29 is 6.22 Å². The molecular formula is C26H38BN3O. The average Bonchev–Trinajstić information content (AvgIpc) is 3.47. The predicted octanol–water partition coefficient (Wildman–Crippen LogP) is 4.67. The van der Waals surface area contributed by atoms with Gasteiger partial charge in [0, 0.05) is 25.9 Å². The van der Waals surface area contributed by atoms with Gasteiger partial charge in [0.25, 0.3) is 5.91 Å². The van der Waals surface area contributed by atoms with Crippen LogP contribution in [0.1, 0.15) is 63.3 Å². The van der Waals surface area contributed by atoms with Crippen LogP contribution in [-0.2, 0) is 0 Å². The first-order valence-corrected chi connectivity index (χ1v) is 11.8. The molecule has 1 aliphatic carbocycles. The van der Waals surface area contributed by atoms with Crippen molar-refractivity contribution in [1.82, 2.24) is 5.32 Å². The number of anilines is 2. The molecule has 5 rings (SSSR count). The number of benzene rings is 2. The van der Waals surface area contributed by atoms with E-state index >= 15 is 0 Å². The second-order valence-corrected chi connectivity index (χ2v) is 8.69. The molecule has 166 valence electrons. The van der Waals surface area contributed by atoms with Crippen molar-refractivity contribution in [3.63, 3.8) is 0 Å². The van der Waals surface area contributed by atoms with Crippen LogP contribution in [0.15, 0.2) is 42.5 Å². The van der Waals surface area contributed by atoms with Crippen molar-refractivity contribution >= 4 is 30.6 Å². The van der Waals surface area contributed by atoms with Crippen molar-refractivity contribution in [3.05, 3.63) is 53.6 Å². The van der Waals surface area contributed by atoms with Gasteiger partial charge in [0.05, 0.1) is 5.56 Å². The summed E-state index contributed by atoms with van der Waals surface area (Å²) in [5.41, 5.74) is 4.92. The Labute approximate surface area is 190 Å². The lowest BCUT2D eigenvalue weighted by molar-refractivity contribution is 0.102. The predicted molar refractivity (Wildman–Crippen MR) is 135 cm³/mol. The number of amides is 1. The molecule has 1 spiro atoms. The lowest BCUT2D eigenvalue weighted by atomic mass is 9.90. The first-order chi connectivity index (χ1) is 15.0. The van der Waals surface area contributed by atoms with Crippen LogP contribution in [0.4, 0.5) is 11.4 Å². The smallest absolute Gasteiger partial charge is 0.257 e. The summed E-state index contributed by atoms with van der Waals surface area (Å²) in [6.07, 6.45) is 6.58. The Morgan fingerprint density at radius 3 is 2.26 bits per heavy atom. The van der Waals surface area contributed by atoms with E-state index in [4.69, 9.17) is 7.85 Å². The van der Waals surface area contributed by atoms with Gasteiger partial charge in [-0.2, -0.15) is 0 Å². The highest BCUT2D eigenvalue weighted by atomic mass is 16.1. The van der Waals surface area contributed by atoms with Gasteiger partial charge in [0.1, 0.15) is 7.85 Å². The zero-order valence-corrected chi connectivity index (χ0v) is 19.3. The average molecular weight is 419 g/mol. The molecule has 2 radical (unpaired) electrons. The third kappa shape index (κ3) is 6.36. The largest absolute Gasteiger partial charge is 0.371 e. The molecule has 3 aliphatic rings. The Bertz CT molecular complexity index is 867. The number of hydrogen-bond donors (Lipinski definition) is 2. The maximum atomic E-state index is 12.9. The molecule has 31 heavy (non-hydrogen) atoms. The minimum Gasteiger partial charge on any atom is -0.371 e. The van der Waals surface area contributed by atoms with Crippen molar-refractivity contribution in [2.75, 3.05) is 36.4 Å². The van der Waals surface area contributed by atoms with Crippen LogP contribution in [0.2, 0.25) is 0 Å². The minimum absolute atomic E-state index is 0. The normalized spacial score (nSPS) is 18.0. The summed E-state index contributed by atoms with van der Waals surface area (Å²) in [6.45, 7) is 10.5. The fourth-order valence-corrected chi connectivity index (χ4v) is 4.00. The number of piperidine rings is 1. The Morgan fingerprint density at radius 1 is 1.06 bits per heavy atom. The maximum Gasteiger partial charge on any atom is 0.257 e. The first kappa shape index (κ1) is 23.4. The van der Waals surface area contributed by atoms with Gasteiger partial charge in [0.2, 0.25) is 0 Å². The number of carbonyl (C=O) groups is 1. The van der Waals surface area contributed by atoms with Crippen molar-refractivity contribution in [3.8, 4) is 0 Å². The first-order valence-electron chi connectivity index (χ1n) is 11.8. The van der Waals surface area contributed by atoms with Gasteiger partial charge in [-0.25, -0.2) is 0 Å². The number of nitrogens with zero attached hydrogens (tertiary/aromatic N) is 1. The highest BCUT2D eigenvalue weighted by Crippen LogP contribution is 2.54. The molecule has 2 N–H and O–H groups in total. The summed E-state index contributed by atoms with van der Waals surface area (Å²) < 4.78 is 0. The van der Waals surface area contributed by atoms with E-state index in [0.717, 1.165) is 30.0 Å². The Kier molecular flexibility index (Phi) is 8.19. The molecule has 2 heterocycles. The second kappa shape index (κ2) is 10.9. The summed E-state index contributed by atoms with van der Waals surface area (Å²) in [7, 11) is 6.01. The van der Waals surface area contributed by atoms with Crippen LogP contribution in [0, 0.1) is 12.3 Å². The van der Waals surface area contributed by atoms with Gasteiger partial charge < -0.3 is 15.5 Å². The quantitative estimate of drug-likeness (QED) is 0.711. The zero-order chi connectivity index (χ0) is 22.3. The maximum absolute atomic E-state index is 12.9. The fraction of sp³-hybridized carbons (Fsp3) is 0.500. The molecule has 2 aromatic carbocycles. The van der Waals surface area contributed by atoms with Crippen LogP contribution < -0.4 is 21.0 Å². The van der Waals surface area contributed by atoms with Crippen LogP contribution in [-0.4, -0.2) is 39.9 Å². The SMILES string of the molecule is C1CNC1.CC.[B]c1ccc(C(=O)Nc2cccc(C)c2)c(N2CCC3(CC2)CC3)c1.[HH]. The van der Waals surface area contributed by atoms with Crippen LogP contribution >= 0.6 is 0 Å². The number of rotatable bonds is 3. The van der Waals surface area contributed by atoms with E-state index in [0.29, 0.717) is 16.4 Å². The molecule has 1 amide bonds. The van der Waals surface area contributed by atoms with Crippen molar-refractivity contribution in [2.45, 2.75) is 52.9 Å². The van der Waals surface area contributed by atoms with E-state index < -0.39 is 0 Å². The topological polar surface area (TPSA) is 44.4 Å². The monoisotopic (exact) mass is 419 g/mol. The van der Waals surface area contributed by atoms with E-state index in [1.165, 1.54) is 45.2 Å². The summed E-state index contributed by atoms with van der Waals surface area (Å²) in [4.78, 5) is 15.2. The molecule has 2 aromatic rings. The molecule has 0 atom stereocenters. The molecule has 0 aromatic heterocycles. The van der Waals surface area contributed by atoms with E-state index in [1.807, 2.05) is 57.2 Å². The van der Waals surface area contributed by atoms with Gasteiger partial charge in [-0.3, -0.25) is 4.79 Å². The molecule has 0 unspecified atom stereocenters. The van der Waals surface area contributed by atoms with Gasteiger partial charge in [0.15, 0.2) is 0 Å². The van der Waals surface area contributed by atoms with E-state index in [-0.39, 0.29) is 7.33 Å². The molecule has 0 bridgehead atoms. The standard InChI is InChI=1S/C21H23BN2O.C3H7N.C2H6.H2/c1-15-3-2-4-17(13-15)23-20(25)18-6-5-16(22)14-19(18)24-11-9-21(7-8-21)10-12-24;1-2-4-3-1;1-2;/h2-6,13-14H,7-12H2,1H3,(H,23,25);4H,1-3H2;1-2H3;1H. The summed E-state index contributed by atoms with van der Waals surface area (Å²) in [6, 6.07) is 13.5. The Morgan fingerprint density at radius 2 is 1.71 bits per heavy atom. The summed E-state index contributed by atoms with van der Waals surface area (Å²) in [5.74, 6) is -0.0766. The van der Waals surface area contributed by atoms with Gasteiger partial charge in [-0.05, 0) is 87.4 Å². The Hall–Kier alpha value is -2.27. The second-order valence-electron chi connectivity index (χ2n) is 8.69. The van der Waals surface area contributed by atoms with Crippen molar-refractivity contribution in [2.24, 2.45) is 5.41 Å². The van der Waals surface area contributed by atoms with E-state index in [2.05, 4.69) is 15.5 Å². The van der Waals surface area contributed by atoms with Gasteiger partial charge >= 0.3 is 0 Å². The van der Waals surface area contributed by atoms with Crippen molar-refractivity contribution in [1.29, 1.82) is 0 Å². The van der Waals surface area contributed by atoms with Crippen LogP contribution in [0.25, 0.3) is 0 Å². The number of aryl methyl sites for hydroxylation is 1. The zero-order valence-electron chi connectivity index (χ0n) is 19.3. The summed E-state index contributed by atoms with van der Waals surface area (Å²) >= 11 is 0. The van der Waals surface area contributed by atoms with Gasteiger partial charge in [-0.15, -0.1) is 0 Å². The third-order valence-electron chi connectivity index (χ3n) is 6.37. The van der Waals surface area contributed by atoms with Crippen LogP contribution in [0.5, 0.6) is 0 Å². The Balaban J connectivity index is 0.000000459. The molecule has 2 saturated heterocycles. The minimum atomic E-state index is -0.0766. The lowest BCUT2D eigenvalue weighted by Gasteiger charge is -2.35.